The summed E-state index contributed by atoms with van der Waals surface area (Å²) in [6, 6.07) is 14.4. The van der Waals surface area contributed by atoms with Crippen molar-refractivity contribution in [1.82, 2.24) is 36.9 Å². The number of nitrogens with two attached hydrogens (primary N) is 1. The highest BCUT2D eigenvalue weighted by atomic mass is 32.3. The number of ether oxygens (including phenoxy) is 1. The van der Waals surface area contributed by atoms with E-state index in [0.717, 1.165) is 10.9 Å². The van der Waals surface area contributed by atoms with Gasteiger partial charge in [-0.25, -0.2) is 4.79 Å². The number of unbranched alkanes of at least 4 members (excludes halogenated alkanes) is 1. The molecule has 0 aliphatic carbocycles. The Balaban J connectivity index is 1.51. The Labute approximate surface area is 401 Å². The largest absolute Gasteiger partial charge is 0.481 e. The topological polar surface area (TPSA) is 344 Å². The van der Waals surface area contributed by atoms with Gasteiger partial charge in [0.15, 0.2) is 0 Å². The number of nitrogens with one attached hydrogen (secondary N) is 7. The number of hydrogen-bond donors (Lipinski definition) is 10. The van der Waals surface area contributed by atoms with Gasteiger partial charge in [0, 0.05) is 29.9 Å². The molecule has 0 saturated heterocycles. The number of aliphatic carboxylic acids is 1. The van der Waals surface area contributed by atoms with Gasteiger partial charge >= 0.3 is 22.5 Å². The average molecular weight is 997 g/mol. The standard InChI is InChI=1S/C45H56N8O14S2/c1-3-4-13-33(50-43(60)36(53-45(62)66-26-28-10-6-5-7-11-28)21-27-15-17-30(18-16-27)67-69(63,64)65)41(58)48-25-38(54)49-37(22-29-24-47-32-14-9-8-12-31(29)32)44(61)51-34(19-20-68-2)42(59)52-35(40(46)57)23-39(55)56/h5-12,14-18,24,33-37,47H,3-4,13,19-23,25-26H2,1-2H3,(H2,46,57)(H,48,58)(H,49,54)(H,50,60)(H,51,61)(H,52,59)(H,53,62)(H,55,56)(H,63,64,65)/t33-,34-,35-,36-,37-/m0/s1. The predicted octanol–water partition coefficient (Wildman–Crippen LogP) is 1.39. The zero-order chi connectivity index (χ0) is 50.5. The van der Waals surface area contributed by atoms with Gasteiger partial charge in [0.25, 0.3) is 0 Å². The van der Waals surface area contributed by atoms with Crippen molar-refractivity contribution < 1.29 is 65.4 Å². The highest BCUT2D eigenvalue weighted by molar-refractivity contribution is 7.98. The minimum atomic E-state index is -4.82. The first-order chi connectivity index (χ1) is 32.8. The van der Waals surface area contributed by atoms with Crippen LogP contribution in [0.5, 0.6) is 5.75 Å². The second-order valence-corrected chi connectivity index (χ2v) is 17.6. The van der Waals surface area contributed by atoms with Crippen LogP contribution in [0, 0.1) is 0 Å². The molecular formula is C45H56N8O14S2. The maximum atomic E-state index is 14.0. The summed E-state index contributed by atoms with van der Waals surface area (Å²) in [5.74, 6) is -6.47. The van der Waals surface area contributed by atoms with E-state index < -0.39 is 101 Å². The molecule has 1 aromatic heterocycles. The Morgan fingerprint density at radius 3 is 1.96 bits per heavy atom. The Morgan fingerprint density at radius 2 is 1.33 bits per heavy atom. The lowest BCUT2D eigenvalue weighted by Crippen LogP contribution is -2.58. The number of alkyl carbamates (subject to hydrolysis) is 1. The number of thioether (sulfide) groups is 1. The summed E-state index contributed by atoms with van der Waals surface area (Å²) < 4.78 is 41.2. The third kappa shape index (κ3) is 18.8. The van der Waals surface area contributed by atoms with Crippen molar-refractivity contribution in [3.63, 3.8) is 0 Å². The molecule has 1 heterocycles. The average Bonchev–Trinajstić information content (AvgIpc) is 3.72. The van der Waals surface area contributed by atoms with Crippen LogP contribution >= 0.6 is 11.8 Å². The molecule has 0 fully saturated rings. The Hall–Kier alpha value is -7.18. The van der Waals surface area contributed by atoms with Crippen molar-refractivity contribution in [1.29, 1.82) is 0 Å². The van der Waals surface area contributed by atoms with Gasteiger partial charge in [0.2, 0.25) is 35.4 Å². The van der Waals surface area contributed by atoms with E-state index in [-0.39, 0.29) is 38.0 Å². The number of carbonyl (C=O) groups is 8. The number of amides is 7. The SMILES string of the molecule is CCCC[C@H](NC(=O)[C@H](Cc1ccc(OS(=O)(=O)O)cc1)NC(=O)OCc1ccccc1)C(=O)NCC(=O)N[C@@H](Cc1c[nH]c2ccccc12)C(=O)N[C@@H](CCSC)C(=O)N[C@@H](CC(=O)O)C(N)=O. The zero-order valence-electron chi connectivity index (χ0n) is 37.7. The van der Waals surface area contributed by atoms with Crippen LogP contribution < -0.4 is 41.8 Å². The first-order valence-electron chi connectivity index (χ1n) is 21.6. The van der Waals surface area contributed by atoms with E-state index in [1.165, 1.54) is 36.0 Å². The summed E-state index contributed by atoms with van der Waals surface area (Å²) in [6.45, 7) is 1.05. The van der Waals surface area contributed by atoms with Crippen LogP contribution in [0.3, 0.4) is 0 Å². The molecule has 5 atom stereocenters. The quantitative estimate of drug-likeness (QED) is 0.0360. The van der Waals surface area contributed by atoms with Gasteiger partial charge in [-0.05, 0) is 59.7 Å². The van der Waals surface area contributed by atoms with Crippen LogP contribution in [0.1, 0.15) is 55.7 Å². The van der Waals surface area contributed by atoms with E-state index in [1.807, 2.05) is 13.0 Å². The Kier molecular flexibility index (Phi) is 21.3. The molecule has 0 aliphatic heterocycles. The lowest BCUT2D eigenvalue weighted by Gasteiger charge is -2.25. The van der Waals surface area contributed by atoms with Crippen LogP contribution in [0.25, 0.3) is 10.9 Å². The summed E-state index contributed by atoms with van der Waals surface area (Å²) in [6.07, 6.45) is 2.59. The Morgan fingerprint density at radius 1 is 0.725 bits per heavy atom. The number of primary amides is 1. The molecule has 3 aromatic carbocycles. The normalized spacial score (nSPS) is 13.3. The monoisotopic (exact) mass is 996 g/mol. The molecule has 0 aliphatic rings. The number of carbonyl (C=O) groups excluding carboxylic acids is 7. The molecule has 4 aromatic rings. The second kappa shape index (κ2) is 27.0. The fraction of sp³-hybridized carbons (Fsp3) is 0.378. The third-order valence-electron chi connectivity index (χ3n) is 10.3. The van der Waals surface area contributed by atoms with E-state index >= 15 is 0 Å². The summed E-state index contributed by atoms with van der Waals surface area (Å²) in [7, 11) is -4.82. The molecule has 372 valence electrons. The third-order valence-corrected chi connectivity index (χ3v) is 11.4. The van der Waals surface area contributed by atoms with Crippen LogP contribution in [-0.2, 0) is 68.1 Å². The number of H-pyrrole nitrogens is 1. The number of aromatic amines is 1. The Bertz CT molecular complexity index is 2530. The van der Waals surface area contributed by atoms with Gasteiger partial charge in [0.05, 0.1) is 13.0 Å². The second-order valence-electron chi connectivity index (χ2n) is 15.6. The van der Waals surface area contributed by atoms with E-state index in [1.54, 1.807) is 61.0 Å². The van der Waals surface area contributed by atoms with Gasteiger partial charge in [0.1, 0.15) is 42.6 Å². The summed E-state index contributed by atoms with van der Waals surface area (Å²) >= 11 is 1.35. The van der Waals surface area contributed by atoms with Crippen molar-refractivity contribution in [2.24, 2.45) is 5.73 Å². The van der Waals surface area contributed by atoms with E-state index in [9.17, 15) is 51.9 Å². The van der Waals surface area contributed by atoms with Gasteiger partial charge in [-0.15, -0.1) is 0 Å². The molecule has 0 spiro atoms. The molecule has 24 heteroatoms. The van der Waals surface area contributed by atoms with Gasteiger partial charge in [-0.2, -0.15) is 20.2 Å². The maximum Gasteiger partial charge on any atom is 0.446 e. The number of rotatable bonds is 28. The lowest BCUT2D eigenvalue weighted by molar-refractivity contribution is -0.140. The van der Waals surface area contributed by atoms with Crippen molar-refractivity contribution in [3.8, 4) is 5.75 Å². The van der Waals surface area contributed by atoms with Gasteiger partial charge in [-0.3, -0.25) is 38.1 Å². The van der Waals surface area contributed by atoms with Crippen LogP contribution in [0.15, 0.2) is 85.1 Å². The number of para-hydroxylation sites is 1. The minimum Gasteiger partial charge on any atom is -0.481 e. The number of aromatic nitrogens is 1. The maximum absolute atomic E-state index is 14.0. The first kappa shape index (κ1) is 54.4. The van der Waals surface area contributed by atoms with E-state index in [0.29, 0.717) is 35.3 Å². The van der Waals surface area contributed by atoms with Crippen molar-refractivity contribution >= 4 is 80.6 Å². The van der Waals surface area contributed by atoms with Gasteiger partial charge in [-0.1, -0.05) is 80.4 Å². The first-order valence-corrected chi connectivity index (χ1v) is 24.4. The number of benzene rings is 3. The summed E-state index contributed by atoms with van der Waals surface area (Å²) in [5.41, 5.74) is 7.76. The summed E-state index contributed by atoms with van der Waals surface area (Å²) in [4.78, 5) is 108. The molecule has 0 unspecified atom stereocenters. The molecule has 0 saturated carbocycles. The predicted molar refractivity (Wildman–Crippen MR) is 253 cm³/mol. The molecule has 69 heavy (non-hydrogen) atoms. The molecule has 0 radical (unpaired) electrons. The molecular weight excluding hydrogens is 941 g/mol. The fourth-order valence-electron chi connectivity index (χ4n) is 6.82. The lowest BCUT2D eigenvalue weighted by atomic mass is 10.0. The van der Waals surface area contributed by atoms with Crippen molar-refractivity contribution in [3.05, 3.63) is 102 Å². The van der Waals surface area contributed by atoms with Gasteiger partial charge < -0.3 is 56.6 Å². The van der Waals surface area contributed by atoms with Crippen LogP contribution in [0.4, 0.5) is 4.79 Å². The zero-order valence-corrected chi connectivity index (χ0v) is 39.4. The molecule has 7 amide bonds. The fourth-order valence-corrected chi connectivity index (χ4v) is 7.64. The highest BCUT2D eigenvalue weighted by Crippen LogP contribution is 2.20. The molecule has 11 N–H and O–H groups in total. The molecule has 22 nitrogen and oxygen atoms in total. The van der Waals surface area contributed by atoms with Crippen LogP contribution in [-0.4, -0.2) is 119 Å². The van der Waals surface area contributed by atoms with Crippen molar-refractivity contribution in [2.75, 3.05) is 18.6 Å². The minimum absolute atomic E-state index is 0.0511. The smallest absolute Gasteiger partial charge is 0.446 e. The summed E-state index contributed by atoms with van der Waals surface area (Å²) in [5, 5.41) is 25.1. The van der Waals surface area contributed by atoms with E-state index in [4.69, 9.17) is 15.0 Å². The highest BCUT2D eigenvalue weighted by Gasteiger charge is 2.32. The number of hydrogen-bond acceptors (Lipinski definition) is 13. The van der Waals surface area contributed by atoms with E-state index in [2.05, 4.69) is 41.1 Å². The number of carboxylic acids is 1. The molecule has 0 bridgehead atoms. The number of carboxylic acid groups (broad SMARTS) is 1. The van der Waals surface area contributed by atoms with Crippen LogP contribution in [0.2, 0.25) is 0 Å². The number of fused-ring (bicyclic) bond motifs is 1. The molecule has 4 rings (SSSR count). The van der Waals surface area contributed by atoms with Crippen molar-refractivity contribution in [2.45, 2.75) is 88.7 Å².